The SMILES string of the molecule is CC(C)(C)OC(=O)NCCC(O)C(O)c1ccc(=O)[nH]n1. The van der Waals surface area contributed by atoms with Crippen molar-refractivity contribution in [1.82, 2.24) is 15.5 Å². The van der Waals surface area contributed by atoms with Crippen LogP contribution in [-0.2, 0) is 4.74 Å². The lowest BCUT2D eigenvalue weighted by Gasteiger charge is -2.21. The van der Waals surface area contributed by atoms with Crippen molar-refractivity contribution in [2.75, 3.05) is 6.54 Å². The van der Waals surface area contributed by atoms with Gasteiger partial charge in [0, 0.05) is 12.6 Å². The molecule has 0 saturated heterocycles. The van der Waals surface area contributed by atoms with Crippen molar-refractivity contribution < 1.29 is 19.7 Å². The summed E-state index contributed by atoms with van der Waals surface area (Å²) in [7, 11) is 0. The highest BCUT2D eigenvalue weighted by atomic mass is 16.6. The molecule has 0 spiro atoms. The first-order chi connectivity index (χ1) is 9.69. The van der Waals surface area contributed by atoms with E-state index in [4.69, 9.17) is 4.74 Å². The summed E-state index contributed by atoms with van der Waals surface area (Å²) in [5.41, 5.74) is -0.839. The second-order valence-corrected chi connectivity index (χ2v) is 5.58. The molecule has 4 N–H and O–H groups in total. The van der Waals surface area contributed by atoms with Crippen LogP contribution in [0.3, 0.4) is 0 Å². The zero-order chi connectivity index (χ0) is 16.0. The predicted molar refractivity (Wildman–Crippen MR) is 74.7 cm³/mol. The van der Waals surface area contributed by atoms with Crippen molar-refractivity contribution in [2.24, 2.45) is 0 Å². The molecule has 0 aliphatic carbocycles. The fourth-order valence-electron chi connectivity index (χ4n) is 1.51. The normalized spacial score (nSPS) is 14.3. The Balaban J connectivity index is 2.39. The first-order valence-electron chi connectivity index (χ1n) is 6.57. The zero-order valence-electron chi connectivity index (χ0n) is 12.3. The quantitative estimate of drug-likeness (QED) is 0.610. The van der Waals surface area contributed by atoms with E-state index in [9.17, 15) is 19.8 Å². The first-order valence-corrected chi connectivity index (χ1v) is 6.57. The predicted octanol–water partition coefficient (Wildman–Crippen LogP) is 0.0790. The standard InChI is InChI=1S/C13H21N3O5/c1-13(2,3)21-12(20)14-7-6-9(17)11(19)8-4-5-10(18)16-15-8/h4-5,9,11,17,19H,6-7H2,1-3H3,(H,14,20)(H,16,18). The molecule has 1 aromatic heterocycles. The number of aliphatic hydroxyl groups is 2. The monoisotopic (exact) mass is 299 g/mol. The Labute approximate surface area is 122 Å². The number of amides is 1. The van der Waals surface area contributed by atoms with Crippen molar-refractivity contribution in [2.45, 2.75) is 45.0 Å². The fraction of sp³-hybridized carbons (Fsp3) is 0.615. The third-order valence-electron chi connectivity index (χ3n) is 2.48. The van der Waals surface area contributed by atoms with Gasteiger partial charge in [-0.3, -0.25) is 4.79 Å². The van der Waals surface area contributed by atoms with Gasteiger partial charge in [0.05, 0.1) is 11.8 Å². The molecular weight excluding hydrogens is 278 g/mol. The zero-order valence-corrected chi connectivity index (χ0v) is 12.3. The molecule has 1 rings (SSSR count). The lowest BCUT2D eigenvalue weighted by Crippen LogP contribution is -2.34. The summed E-state index contributed by atoms with van der Waals surface area (Å²) in [6.07, 6.45) is -2.85. The summed E-state index contributed by atoms with van der Waals surface area (Å²) in [5.74, 6) is 0. The van der Waals surface area contributed by atoms with E-state index in [0.717, 1.165) is 0 Å². The smallest absolute Gasteiger partial charge is 0.407 e. The average molecular weight is 299 g/mol. The molecule has 0 aromatic carbocycles. The van der Waals surface area contributed by atoms with Gasteiger partial charge in [-0.1, -0.05) is 0 Å². The van der Waals surface area contributed by atoms with Gasteiger partial charge in [0.15, 0.2) is 0 Å². The van der Waals surface area contributed by atoms with Gasteiger partial charge in [-0.05, 0) is 33.3 Å². The summed E-state index contributed by atoms with van der Waals surface area (Å²) >= 11 is 0. The van der Waals surface area contributed by atoms with Crippen LogP contribution in [0.1, 0.15) is 39.0 Å². The lowest BCUT2D eigenvalue weighted by atomic mass is 10.1. The number of ether oxygens (including phenoxy) is 1. The van der Waals surface area contributed by atoms with Crippen molar-refractivity contribution in [3.05, 3.63) is 28.2 Å². The molecule has 1 amide bonds. The van der Waals surface area contributed by atoms with Crippen molar-refractivity contribution >= 4 is 6.09 Å². The number of carbonyl (C=O) groups excluding carboxylic acids is 1. The van der Waals surface area contributed by atoms with E-state index < -0.39 is 29.5 Å². The molecule has 0 aliphatic heterocycles. The van der Waals surface area contributed by atoms with Crippen LogP contribution >= 0.6 is 0 Å². The maximum Gasteiger partial charge on any atom is 0.407 e. The number of carbonyl (C=O) groups is 1. The number of alkyl carbamates (subject to hydrolysis) is 1. The van der Waals surface area contributed by atoms with Crippen LogP contribution in [-0.4, -0.2) is 44.8 Å². The second-order valence-electron chi connectivity index (χ2n) is 5.58. The molecule has 0 bridgehead atoms. The van der Waals surface area contributed by atoms with Crippen molar-refractivity contribution in [3.8, 4) is 0 Å². The number of aromatic amines is 1. The molecule has 2 atom stereocenters. The lowest BCUT2D eigenvalue weighted by molar-refractivity contribution is 0.00940. The number of aliphatic hydroxyl groups excluding tert-OH is 2. The minimum atomic E-state index is -1.25. The number of hydrogen-bond donors (Lipinski definition) is 4. The van der Waals surface area contributed by atoms with Gasteiger partial charge in [0.1, 0.15) is 11.7 Å². The Morgan fingerprint density at radius 2 is 2.10 bits per heavy atom. The average Bonchev–Trinajstić information content (AvgIpc) is 2.36. The van der Waals surface area contributed by atoms with E-state index in [1.807, 2.05) is 0 Å². The number of rotatable bonds is 5. The highest BCUT2D eigenvalue weighted by molar-refractivity contribution is 5.67. The van der Waals surface area contributed by atoms with E-state index in [2.05, 4.69) is 15.5 Å². The van der Waals surface area contributed by atoms with Crippen LogP contribution < -0.4 is 10.9 Å². The van der Waals surface area contributed by atoms with E-state index in [1.165, 1.54) is 12.1 Å². The van der Waals surface area contributed by atoms with E-state index in [1.54, 1.807) is 20.8 Å². The Morgan fingerprint density at radius 1 is 1.43 bits per heavy atom. The molecule has 1 heterocycles. The van der Waals surface area contributed by atoms with Gasteiger partial charge in [-0.2, -0.15) is 5.10 Å². The number of aromatic nitrogens is 2. The van der Waals surface area contributed by atoms with Crippen LogP contribution in [0.2, 0.25) is 0 Å². The van der Waals surface area contributed by atoms with E-state index in [0.29, 0.717) is 0 Å². The third kappa shape index (κ3) is 6.37. The Morgan fingerprint density at radius 3 is 2.62 bits per heavy atom. The number of nitrogens with one attached hydrogen (secondary N) is 2. The molecule has 8 heteroatoms. The van der Waals surface area contributed by atoms with Gasteiger partial charge in [0.25, 0.3) is 5.56 Å². The highest BCUT2D eigenvalue weighted by Crippen LogP contribution is 2.15. The van der Waals surface area contributed by atoms with Crippen molar-refractivity contribution in [3.63, 3.8) is 0 Å². The summed E-state index contributed by atoms with van der Waals surface area (Å²) in [5, 5.41) is 27.9. The number of hydrogen-bond acceptors (Lipinski definition) is 6. The van der Waals surface area contributed by atoms with Crippen molar-refractivity contribution in [1.29, 1.82) is 0 Å². The Kier molecular flexibility index (Phi) is 5.86. The molecule has 21 heavy (non-hydrogen) atoms. The van der Waals surface area contributed by atoms with Gasteiger partial charge in [-0.15, -0.1) is 0 Å². The molecular formula is C13H21N3O5. The summed E-state index contributed by atoms with van der Waals surface area (Å²) in [4.78, 5) is 22.2. The minimum Gasteiger partial charge on any atom is -0.444 e. The molecule has 1 aromatic rings. The van der Waals surface area contributed by atoms with Crippen LogP contribution in [0, 0.1) is 0 Å². The van der Waals surface area contributed by atoms with Gasteiger partial charge >= 0.3 is 6.09 Å². The summed E-state index contributed by atoms with van der Waals surface area (Å²) < 4.78 is 5.03. The molecule has 0 saturated carbocycles. The summed E-state index contributed by atoms with van der Waals surface area (Å²) in [6, 6.07) is 2.53. The first kappa shape index (κ1) is 17.1. The number of H-pyrrole nitrogens is 1. The highest BCUT2D eigenvalue weighted by Gasteiger charge is 2.21. The molecule has 0 fully saturated rings. The number of nitrogens with zero attached hydrogens (tertiary/aromatic N) is 1. The topological polar surface area (TPSA) is 125 Å². The van der Waals surface area contributed by atoms with E-state index >= 15 is 0 Å². The van der Waals surface area contributed by atoms with Gasteiger partial charge < -0.3 is 20.3 Å². The molecule has 0 aliphatic rings. The van der Waals surface area contributed by atoms with Gasteiger partial charge in [0.2, 0.25) is 0 Å². The van der Waals surface area contributed by atoms with Gasteiger partial charge in [-0.25, -0.2) is 9.89 Å². The summed E-state index contributed by atoms with van der Waals surface area (Å²) in [6.45, 7) is 5.36. The molecule has 2 unspecified atom stereocenters. The molecule has 0 radical (unpaired) electrons. The minimum absolute atomic E-state index is 0.112. The third-order valence-corrected chi connectivity index (χ3v) is 2.48. The van der Waals surface area contributed by atoms with Crippen LogP contribution in [0.25, 0.3) is 0 Å². The Bertz CT molecular complexity index is 503. The van der Waals surface area contributed by atoms with Crippen LogP contribution in [0.4, 0.5) is 4.79 Å². The second kappa shape index (κ2) is 7.19. The van der Waals surface area contributed by atoms with Crippen LogP contribution in [0.15, 0.2) is 16.9 Å². The molecule has 118 valence electrons. The fourth-order valence-corrected chi connectivity index (χ4v) is 1.51. The maximum atomic E-state index is 11.4. The largest absolute Gasteiger partial charge is 0.444 e. The van der Waals surface area contributed by atoms with E-state index in [-0.39, 0.29) is 18.7 Å². The van der Waals surface area contributed by atoms with Crippen LogP contribution in [0.5, 0.6) is 0 Å². The Hall–Kier alpha value is -1.93. The maximum absolute atomic E-state index is 11.4. The molecule has 8 nitrogen and oxygen atoms in total.